The predicted molar refractivity (Wildman–Crippen MR) is 75.3 cm³/mol. The molecule has 0 aliphatic carbocycles. The van der Waals surface area contributed by atoms with Crippen LogP contribution in [0.25, 0.3) is 17.0 Å². The normalized spacial score (nSPS) is 11.3. The van der Waals surface area contributed by atoms with Crippen molar-refractivity contribution in [2.75, 3.05) is 6.54 Å². The number of aryl methyl sites for hydroxylation is 1. The fourth-order valence-electron chi connectivity index (χ4n) is 2.35. The van der Waals surface area contributed by atoms with Crippen LogP contribution in [0.4, 0.5) is 0 Å². The van der Waals surface area contributed by atoms with Crippen molar-refractivity contribution in [3.8, 4) is 5.95 Å². The van der Waals surface area contributed by atoms with Crippen molar-refractivity contribution in [3.63, 3.8) is 0 Å². The molecule has 98 valence electrons. The summed E-state index contributed by atoms with van der Waals surface area (Å²) in [5.74, 6) is 1.87. The molecule has 0 atom stereocenters. The molecule has 0 amide bonds. The average Bonchev–Trinajstić information content (AvgIpc) is 3.01. The molecule has 0 aliphatic rings. The largest absolute Gasteiger partial charge is 0.330 e. The number of hydrogen-bond acceptors (Lipinski definition) is 3. The Morgan fingerprint density at radius 2 is 2.11 bits per heavy atom. The molecule has 0 radical (unpaired) electrons. The van der Waals surface area contributed by atoms with E-state index in [9.17, 15) is 0 Å². The maximum Gasteiger partial charge on any atom is 0.215 e. The van der Waals surface area contributed by atoms with Crippen LogP contribution in [0.2, 0.25) is 0 Å². The highest BCUT2D eigenvalue weighted by Crippen LogP contribution is 2.20. The Bertz CT molecular complexity index is 695. The van der Waals surface area contributed by atoms with Gasteiger partial charge in [-0.15, -0.1) is 0 Å². The summed E-state index contributed by atoms with van der Waals surface area (Å²) in [6, 6.07) is 8.10. The SMILES string of the molecule is CCn1ccnc1-n1c(CCN)nc2ccccc21. The highest BCUT2D eigenvalue weighted by molar-refractivity contribution is 5.77. The van der Waals surface area contributed by atoms with Gasteiger partial charge in [0.15, 0.2) is 0 Å². The smallest absolute Gasteiger partial charge is 0.215 e. The molecule has 2 N–H and O–H groups in total. The fourth-order valence-corrected chi connectivity index (χ4v) is 2.35. The zero-order chi connectivity index (χ0) is 13.2. The molecule has 0 bridgehead atoms. The van der Waals surface area contributed by atoms with Crippen LogP contribution in [-0.2, 0) is 13.0 Å². The summed E-state index contributed by atoms with van der Waals surface area (Å²) in [5.41, 5.74) is 7.75. The van der Waals surface area contributed by atoms with Crippen LogP contribution >= 0.6 is 0 Å². The second-order valence-corrected chi connectivity index (χ2v) is 4.40. The van der Waals surface area contributed by atoms with Gasteiger partial charge >= 0.3 is 0 Å². The summed E-state index contributed by atoms with van der Waals surface area (Å²) in [6.07, 6.45) is 4.54. The second-order valence-electron chi connectivity index (χ2n) is 4.40. The van der Waals surface area contributed by atoms with Gasteiger partial charge in [0.05, 0.1) is 11.0 Å². The minimum atomic E-state index is 0.580. The minimum Gasteiger partial charge on any atom is -0.330 e. The standard InChI is InChI=1S/C14H17N5/c1-2-18-10-9-16-14(18)19-12-6-4-3-5-11(12)17-13(19)7-8-15/h3-6,9-10H,2,7-8,15H2,1H3. The number of rotatable bonds is 4. The molecule has 0 aliphatic heterocycles. The lowest BCUT2D eigenvalue weighted by molar-refractivity contribution is 0.706. The van der Waals surface area contributed by atoms with Gasteiger partial charge in [0.25, 0.3) is 0 Å². The number of nitrogens with two attached hydrogens (primary N) is 1. The van der Waals surface area contributed by atoms with Gasteiger partial charge in [-0.2, -0.15) is 0 Å². The van der Waals surface area contributed by atoms with E-state index in [1.165, 1.54) is 0 Å². The third kappa shape index (κ3) is 1.92. The van der Waals surface area contributed by atoms with Crippen LogP contribution in [-0.4, -0.2) is 25.6 Å². The van der Waals surface area contributed by atoms with Crippen LogP contribution in [0.15, 0.2) is 36.7 Å². The lowest BCUT2D eigenvalue weighted by atomic mass is 10.3. The molecule has 3 aromatic rings. The molecule has 0 unspecified atom stereocenters. The number of imidazole rings is 2. The van der Waals surface area contributed by atoms with E-state index in [-0.39, 0.29) is 0 Å². The molecule has 3 rings (SSSR count). The summed E-state index contributed by atoms with van der Waals surface area (Å²) in [4.78, 5) is 9.13. The van der Waals surface area contributed by atoms with E-state index in [4.69, 9.17) is 5.73 Å². The first-order valence-electron chi connectivity index (χ1n) is 6.53. The maximum atomic E-state index is 5.69. The molecule has 0 saturated carbocycles. The van der Waals surface area contributed by atoms with Gasteiger partial charge in [-0.25, -0.2) is 9.97 Å². The lowest BCUT2D eigenvalue weighted by Crippen LogP contribution is -2.12. The quantitative estimate of drug-likeness (QED) is 0.772. The topological polar surface area (TPSA) is 61.7 Å². The van der Waals surface area contributed by atoms with E-state index in [0.29, 0.717) is 6.54 Å². The van der Waals surface area contributed by atoms with Crippen molar-refractivity contribution in [1.82, 2.24) is 19.1 Å². The molecule has 2 heterocycles. The van der Waals surface area contributed by atoms with Crippen LogP contribution in [0, 0.1) is 0 Å². The van der Waals surface area contributed by atoms with E-state index in [1.807, 2.05) is 30.6 Å². The first kappa shape index (κ1) is 11.9. The number of para-hydroxylation sites is 2. The summed E-state index contributed by atoms with van der Waals surface area (Å²) < 4.78 is 4.21. The van der Waals surface area contributed by atoms with Crippen LogP contribution in [0.3, 0.4) is 0 Å². The third-order valence-corrected chi connectivity index (χ3v) is 3.23. The average molecular weight is 255 g/mol. The Morgan fingerprint density at radius 3 is 2.89 bits per heavy atom. The first-order valence-corrected chi connectivity index (χ1v) is 6.53. The number of aromatic nitrogens is 4. The van der Waals surface area contributed by atoms with E-state index in [2.05, 4.69) is 32.1 Å². The van der Waals surface area contributed by atoms with E-state index < -0.39 is 0 Å². The third-order valence-electron chi connectivity index (χ3n) is 3.23. The molecule has 5 heteroatoms. The number of benzene rings is 1. The van der Waals surface area contributed by atoms with Crippen LogP contribution in [0.1, 0.15) is 12.7 Å². The van der Waals surface area contributed by atoms with Crippen molar-refractivity contribution in [1.29, 1.82) is 0 Å². The monoisotopic (exact) mass is 255 g/mol. The summed E-state index contributed by atoms with van der Waals surface area (Å²) in [7, 11) is 0. The molecule has 0 spiro atoms. The van der Waals surface area contributed by atoms with Crippen LogP contribution in [0.5, 0.6) is 0 Å². The Morgan fingerprint density at radius 1 is 1.26 bits per heavy atom. The summed E-state index contributed by atoms with van der Waals surface area (Å²) >= 11 is 0. The number of fused-ring (bicyclic) bond motifs is 1. The van der Waals surface area contributed by atoms with Crippen LogP contribution < -0.4 is 5.73 Å². The van der Waals surface area contributed by atoms with Crippen molar-refractivity contribution in [2.45, 2.75) is 19.9 Å². The van der Waals surface area contributed by atoms with Crippen molar-refractivity contribution < 1.29 is 0 Å². The molecule has 0 saturated heterocycles. The van der Waals surface area contributed by atoms with Gasteiger partial charge in [-0.1, -0.05) is 12.1 Å². The maximum absolute atomic E-state index is 5.69. The Kier molecular flexibility index (Phi) is 3.05. The summed E-state index contributed by atoms with van der Waals surface area (Å²) in [5, 5.41) is 0. The Hall–Kier alpha value is -2.14. The van der Waals surface area contributed by atoms with Gasteiger partial charge in [-0.3, -0.25) is 4.57 Å². The lowest BCUT2D eigenvalue weighted by Gasteiger charge is -2.09. The molecule has 1 aromatic carbocycles. The van der Waals surface area contributed by atoms with Gasteiger partial charge in [0.2, 0.25) is 5.95 Å². The van der Waals surface area contributed by atoms with Crippen molar-refractivity contribution in [2.24, 2.45) is 5.73 Å². The van der Waals surface area contributed by atoms with Gasteiger partial charge in [0, 0.05) is 25.4 Å². The molecule has 2 aromatic heterocycles. The summed E-state index contributed by atoms with van der Waals surface area (Å²) in [6.45, 7) is 3.56. The van der Waals surface area contributed by atoms with E-state index >= 15 is 0 Å². The minimum absolute atomic E-state index is 0.580. The highest BCUT2D eigenvalue weighted by Gasteiger charge is 2.14. The van der Waals surface area contributed by atoms with Gasteiger partial charge in [-0.05, 0) is 25.6 Å². The predicted octanol–water partition coefficient (Wildman–Crippen LogP) is 1.74. The van der Waals surface area contributed by atoms with E-state index in [0.717, 1.165) is 35.8 Å². The molecular weight excluding hydrogens is 238 g/mol. The van der Waals surface area contributed by atoms with Crippen molar-refractivity contribution in [3.05, 3.63) is 42.5 Å². The molecular formula is C14H17N5. The molecule has 5 nitrogen and oxygen atoms in total. The van der Waals surface area contributed by atoms with Crippen molar-refractivity contribution >= 4 is 11.0 Å². The number of nitrogens with zero attached hydrogens (tertiary/aromatic N) is 4. The Labute approximate surface area is 111 Å². The highest BCUT2D eigenvalue weighted by atomic mass is 15.3. The zero-order valence-electron chi connectivity index (χ0n) is 11.0. The first-order chi connectivity index (χ1) is 9.35. The zero-order valence-corrected chi connectivity index (χ0v) is 11.0. The van der Waals surface area contributed by atoms with E-state index in [1.54, 1.807) is 0 Å². The van der Waals surface area contributed by atoms with Gasteiger partial charge < -0.3 is 10.3 Å². The second kappa shape index (κ2) is 4.85. The van der Waals surface area contributed by atoms with Gasteiger partial charge in [0.1, 0.15) is 5.82 Å². The molecule has 0 fully saturated rings. The molecule has 19 heavy (non-hydrogen) atoms. The Balaban J connectivity index is 2.28. The fraction of sp³-hybridized carbons (Fsp3) is 0.286. The number of hydrogen-bond donors (Lipinski definition) is 1.